The normalized spacial score (nSPS) is 14.3. The Hall–Kier alpha value is -1.10. The molecule has 5 nitrogen and oxygen atoms in total. The molecular formula is C13H26N2O3. The monoisotopic (exact) mass is 258 g/mol. The Morgan fingerprint density at radius 3 is 2.33 bits per heavy atom. The molecule has 106 valence electrons. The Bertz CT molecular complexity index is 269. The first-order valence-electron chi connectivity index (χ1n) is 6.65. The van der Waals surface area contributed by atoms with Crippen LogP contribution in [-0.2, 0) is 9.59 Å². The van der Waals surface area contributed by atoms with Crippen molar-refractivity contribution >= 4 is 11.9 Å². The zero-order valence-electron chi connectivity index (χ0n) is 11.9. The number of aliphatic carboxylic acids is 1. The summed E-state index contributed by atoms with van der Waals surface area (Å²) in [6.45, 7) is 8.99. The van der Waals surface area contributed by atoms with E-state index < -0.39 is 11.9 Å². The predicted molar refractivity (Wildman–Crippen MR) is 71.4 cm³/mol. The van der Waals surface area contributed by atoms with Gasteiger partial charge >= 0.3 is 5.97 Å². The highest BCUT2D eigenvalue weighted by molar-refractivity contribution is 5.78. The van der Waals surface area contributed by atoms with Gasteiger partial charge in [0.15, 0.2) is 0 Å². The molecular weight excluding hydrogens is 232 g/mol. The number of hydrogen-bond donors (Lipinski definition) is 2. The van der Waals surface area contributed by atoms with Gasteiger partial charge in [0, 0.05) is 12.6 Å². The quantitative estimate of drug-likeness (QED) is 0.654. The molecule has 0 saturated carbocycles. The lowest BCUT2D eigenvalue weighted by Crippen LogP contribution is -2.43. The summed E-state index contributed by atoms with van der Waals surface area (Å²) >= 11 is 0. The second-order valence-electron chi connectivity index (χ2n) is 4.82. The molecule has 0 bridgehead atoms. The van der Waals surface area contributed by atoms with Gasteiger partial charge in [-0.3, -0.25) is 14.5 Å². The van der Waals surface area contributed by atoms with Crippen molar-refractivity contribution < 1.29 is 14.7 Å². The predicted octanol–water partition coefficient (Wildman–Crippen LogP) is 1.33. The minimum Gasteiger partial charge on any atom is -0.481 e. The van der Waals surface area contributed by atoms with Gasteiger partial charge in [0.1, 0.15) is 0 Å². The molecule has 0 radical (unpaired) electrons. The fourth-order valence-electron chi connectivity index (χ4n) is 1.80. The maximum atomic E-state index is 11.7. The van der Waals surface area contributed by atoms with Crippen LogP contribution in [0.4, 0.5) is 0 Å². The third kappa shape index (κ3) is 7.27. The molecule has 0 aliphatic heterocycles. The van der Waals surface area contributed by atoms with E-state index in [1.807, 2.05) is 18.7 Å². The molecule has 5 heteroatoms. The van der Waals surface area contributed by atoms with Crippen LogP contribution in [-0.4, -0.2) is 47.6 Å². The second kappa shape index (κ2) is 8.91. The van der Waals surface area contributed by atoms with E-state index in [1.165, 1.54) is 0 Å². The van der Waals surface area contributed by atoms with Gasteiger partial charge in [-0.2, -0.15) is 0 Å². The van der Waals surface area contributed by atoms with E-state index in [-0.39, 0.29) is 18.5 Å². The molecule has 0 rings (SSSR count). The summed E-state index contributed by atoms with van der Waals surface area (Å²) in [6.07, 6.45) is 2.00. The van der Waals surface area contributed by atoms with E-state index in [0.717, 1.165) is 12.8 Å². The number of likely N-dealkylation sites (N-methyl/N-ethyl adjacent to an activating group) is 1. The van der Waals surface area contributed by atoms with Crippen molar-refractivity contribution in [3.05, 3.63) is 0 Å². The van der Waals surface area contributed by atoms with Crippen molar-refractivity contribution in [3.63, 3.8) is 0 Å². The average Bonchev–Trinajstić information content (AvgIpc) is 2.27. The number of hydrogen-bond acceptors (Lipinski definition) is 3. The molecule has 0 heterocycles. The van der Waals surface area contributed by atoms with Crippen molar-refractivity contribution in [1.29, 1.82) is 0 Å². The summed E-state index contributed by atoms with van der Waals surface area (Å²) < 4.78 is 0. The Kier molecular flexibility index (Phi) is 8.37. The van der Waals surface area contributed by atoms with Crippen molar-refractivity contribution in [2.24, 2.45) is 5.92 Å². The number of nitrogens with one attached hydrogen (secondary N) is 1. The van der Waals surface area contributed by atoms with Gasteiger partial charge < -0.3 is 10.4 Å². The van der Waals surface area contributed by atoms with Crippen LogP contribution in [0.15, 0.2) is 0 Å². The van der Waals surface area contributed by atoms with E-state index in [4.69, 9.17) is 5.11 Å². The van der Waals surface area contributed by atoms with E-state index in [2.05, 4.69) is 12.2 Å². The summed E-state index contributed by atoms with van der Waals surface area (Å²) in [4.78, 5) is 24.4. The van der Waals surface area contributed by atoms with Gasteiger partial charge in [-0.05, 0) is 19.9 Å². The second-order valence-corrected chi connectivity index (χ2v) is 4.82. The Labute approximate surface area is 110 Å². The van der Waals surface area contributed by atoms with Gasteiger partial charge in [-0.25, -0.2) is 0 Å². The van der Waals surface area contributed by atoms with Crippen LogP contribution in [0.2, 0.25) is 0 Å². The van der Waals surface area contributed by atoms with E-state index in [1.54, 1.807) is 6.92 Å². The number of carbonyl (C=O) groups excluding carboxylic acids is 1. The first-order valence-corrected chi connectivity index (χ1v) is 6.65. The molecule has 0 aromatic carbocycles. The first kappa shape index (κ1) is 16.9. The maximum absolute atomic E-state index is 11.7. The average molecular weight is 258 g/mol. The largest absolute Gasteiger partial charge is 0.481 e. The lowest BCUT2D eigenvalue weighted by Gasteiger charge is -2.23. The molecule has 0 aliphatic carbocycles. The highest BCUT2D eigenvalue weighted by atomic mass is 16.4. The van der Waals surface area contributed by atoms with Gasteiger partial charge in [-0.15, -0.1) is 0 Å². The van der Waals surface area contributed by atoms with Gasteiger partial charge in [0.25, 0.3) is 0 Å². The summed E-state index contributed by atoms with van der Waals surface area (Å²) in [5.41, 5.74) is 0. The summed E-state index contributed by atoms with van der Waals surface area (Å²) in [5.74, 6) is -1.31. The number of amides is 1. The number of carbonyl (C=O) groups is 2. The van der Waals surface area contributed by atoms with Gasteiger partial charge in [0.2, 0.25) is 5.91 Å². The van der Waals surface area contributed by atoms with Crippen LogP contribution >= 0.6 is 0 Å². The third-order valence-electron chi connectivity index (χ3n) is 2.90. The molecule has 2 N–H and O–H groups in total. The molecule has 0 aliphatic rings. The fraction of sp³-hybridized carbons (Fsp3) is 0.846. The maximum Gasteiger partial charge on any atom is 0.307 e. The van der Waals surface area contributed by atoms with E-state index in [9.17, 15) is 9.59 Å². The molecule has 0 aromatic heterocycles. The molecule has 1 amide bonds. The molecule has 2 unspecified atom stereocenters. The van der Waals surface area contributed by atoms with Crippen LogP contribution in [0.5, 0.6) is 0 Å². The van der Waals surface area contributed by atoms with Crippen molar-refractivity contribution in [2.45, 2.75) is 46.6 Å². The molecule has 2 atom stereocenters. The van der Waals surface area contributed by atoms with Crippen LogP contribution in [0.1, 0.15) is 40.5 Å². The van der Waals surface area contributed by atoms with E-state index >= 15 is 0 Å². The summed E-state index contributed by atoms with van der Waals surface area (Å²) in [6, 6.07) is 0.179. The lowest BCUT2D eigenvalue weighted by atomic mass is 10.1. The number of carboxylic acid groups (broad SMARTS) is 1. The summed E-state index contributed by atoms with van der Waals surface area (Å²) in [7, 11) is 0. The van der Waals surface area contributed by atoms with Crippen LogP contribution in [0.3, 0.4) is 0 Å². The molecule has 0 saturated heterocycles. The minimum atomic E-state index is -0.826. The van der Waals surface area contributed by atoms with Crippen molar-refractivity contribution in [1.82, 2.24) is 10.2 Å². The van der Waals surface area contributed by atoms with Gasteiger partial charge in [-0.1, -0.05) is 27.2 Å². The molecule has 18 heavy (non-hydrogen) atoms. The van der Waals surface area contributed by atoms with Crippen LogP contribution in [0.25, 0.3) is 0 Å². The molecule has 0 fully saturated rings. The Morgan fingerprint density at radius 2 is 1.89 bits per heavy atom. The lowest BCUT2D eigenvalue weighted by molar-refractivity contribution is -0.142. The standard InChI is InChI=1S/C13H26N2O3/c1-5-7-11(4)14-12(16)9-15(6-2)8-10(3)13(17)18/h10-11H,5-9H2,1-4H3,(H,14,16)(H,17,18). The molecule has 0 spiro atoms. The van der Waals surface area contributed by atoms with Crippen molar-refractivity contribution in [3.8, 4) is 0 Å². The van der Waals surface area contributed by atoms with Crippen LogP contribution < -0.4 is 5.32 Å². The molecule has 0 aromatic rings. The topological polar surface area (TPSA) is 69.6 Å². The highest BCUT2D eigenvalue weighted by Gasteiger charge is 2.17. The first-order chi connectivity index (χ1) is 8.40. The number of nitrogens with zero attached hydrogens (tertiary/aromatic N) is 1. The number of carboxylic acids is 1. The van der Waals surface area contributed by atoms with E-state index in [0.29, 0.717) is 13.1 Å². The minimum absolute atomic E-state index is 0.0320. The number of rotatable bonds is 9. The zero-order chi connectivity index (χ0) is 14.1. The van der Waals surface area contributed by atoms with Gasteiger partial charge in [0.05, 0.1) is 12.5 Å². The fourth-order valence-corrected chi connectivity index (χ4v) is 1.80. The SMILES string of the molecule is CCCC(C)NC(=O)CN(CC)CC(C)C(=O)O. The Balaban J connectivity index is 4.11. The van der Waals surface area contributed by atoms with Crippen LogP contribution in [0, 0.1) is 5.92 Å². The third-order valence-corrected chi connectivity index (χ3v) is 2.90. The zero-order valence-corrected chi connectivity index (χ0v) is 11.9. The van der Waals surface area contributed by atoms with Crippen molar-refractivity contribution in [2.75, 3.05) is 19.6 Å². The Morgan fingerprint density at radius 1 is 1.28 bits per heavy atom. The summed E-state index contributed by atoms with van der Waals surface area (Å²) in [5, 5.41) is 11.8. The smallest absolute Gasteiger partial charge is 0.307 e. The highest BCUT2D eigenvalue weighted by Crippen LogP contribution is 2.01.